The summed E-state index contributed by atoms with van der Waals surface area (Å²) in [5, 5.41) is 3.51. The number of nitrogens with zero attached hydrogens (tertiary/aromatic N) is 1. The molecule has 1 aromatic rings. The van der Waals surface area contributed by atoms with Crippen LogP contribution in [0.1, 0.15) is 24.0 Å². The second-order valence-corrected chi connectivity index (χ2v) is 5.23. The van der Waals surface area contributed by atoms with Crippen LogP contribution in [0, 0.1) is 0 Å². The summed E-state index contributed by atoms with van der Waals surface area (Å²) in [5.41, 5.74) is 2.73. The van der Waals surface area contributed by atoms with E-state index < -0.39 is 0 Å². The molecule has 0 fully saturated rings. The lowest BCUT2D eigenvalue weighted by Gasteiger charge is -2.09. The number of benzene rings is 1. The van der Waals surface area contributed by atoms with Crippen molar-refractivity contribution in [2.24, 2.45) is 0 Å². The van der Waals surface area contributed by atoms with Crippen molar-refractivity contribution in [3.8, 4) is 5.75 Å². The molecule has 0 saturated heterocycles. The van der Waals surface area contributed by atoms with Crippen LogP contribution in [0.15, 0.2) is 18.2 Å². The molecule has 3 nitrogen and oxygen atoms in total. The summed E-state index contributed by atoms with van der Waals surface area (Å²) in [7, 11) is 4.25. The maximum Gasteiger partial charge on any atom is 0.122 e. The van der Waals surface area contributed by atoms with Crippen LogP contribution in [0.25, 0.3) is 0 Å². The first-order chi connectivity index (χ1) is 8.75. The van der Waals surface area contributed by atoms with Crippen LogP contribution >= 0.6 is 0 Å². The highest BCUT2D eigenvalue weighted by molar-refractivity contribution is 5.39. The number of unbranched alkanes of at least 4 members (excludes halogenated alkanes) is 1. The Labute approximate surface area is 110 Å². The van der Waals surface area contributed by atoms with Gasteiger partial charge in [-0.2, -0.15) is 0 Å². The molecular formula is C15H24N2O. The molecule has 2 rings (SSSR count). The van der Waals surface area contributed by atoms with Crippen molar-refractivity contribution in [1.82, 2.24) is 10.2 Å². The van der Waals surface area contributed by atoms with Gasteiger partial charge in [-0.3, -0.25) is 0 Å². The number of fused-ring (bicyclic) bond motifs is 1. The minimum atomic E-state index is 0.844. The fourth-order valence-electron chi connectivity index (χ4n) is 2.26. The van der Waals surface area contributed by atoms with Gasteiger partial charge >= 0.3 is 0 Å². The van der Waals surface area contributed by atoms with E-state index in [0.717, 1.165) is 31.9 Å². The Bertz CT molecular complexity index is 377. The van der Waals surface area contributed by atoms with Gasteiger partial charge in [-0.15, -0.1) is 0 Å². The van der Waals surface area contributed by atoms with Crippen molar-refractivity contribution in [3.05, 3.63) is 29.3 Å². The molecule has 0 atom stereocenters. The number of nitrogens with one attached hydrogen (secondary N) is 1. The molecule has 1 N–H and O–H groups in total. The summed E-state index contributed by atoms with van der Waals surface area (Å²) in [6.07, 6.45) is 3.57. The van der Waals surface area contributed by atoms with E-state index in [1.165, 1.54) is 30.5 Å². The highest BCUT2D eigenvalue weighted by Crippen LogP contribution is 2.25. The molecule has 0 unspecified atom stereocenters. The topological polar surface area (TPSA) is 24.5 Å². The lowest BCUT2D eigenvalue weighted by atomic mass is 10.1. The lowest BCUT2D eigenvalue weighted by Crippen LogP contribution is -2.18. The number of ether oxygens (including phenoxy) is 1. The van der Waals surface area contributed by atoms with Crippen LogP contribution in [0.5, 0.6) is 5.75 Å². The molecule has 0 bridgehead atoms. The van der Waals surface area contributed by atoms with E-state index in [0.29, 0.717) is 0 Å². The van der Waals surface area contributed by atoms with E-state index in [1.807, 2.05) is 0 Å². The summed E-state index contributed by atoms with van der Waals surface area (Å²) >= 11 is 0. The summed E-state index contributed by atoms with van der Waals surface area (Å²) in [6, 6.07) is 6.54. The van der Waals surface area contributed by atoms with Crippen LogP contribution in [0.2, 0.25) is 0 Å². The maximum absolute atomic E-state index is 5.51. The zero-order chi connectivity index (χ0) is 12.8. The number of hydrogen-bond acceptors (Lipinski definition) is 3. The second kappa shape index (κ2) is 6.76. The molecule has 0 aromatic heterocycles. The molecule has 1 aliphatic heterocycles. The Morgan fingerprint density at radius 2 is 2.17 bits per heavy atom. The summed E-state index contributed by atoms with van der Waals surface area (Å²) in [6.45, 7) is 4.09. The van der Waals surface area contributed by atoms with Crippen LogP contribution in [0.3, 0.4) is 0 Å². The Hall–Kier alpha value is -1.06. The fourth-order valence-corrected chi connectivity index (χ4v) is 2.26. The van der Waals surface area contributed by atoms with Crippen molar-refractivity contribution < 1.29 is 4.74 Å². The van der Waals surface area contributed by atoms with Gasteiger partial charge in [0.25, 0.3) is 0 Å². The van der Waals surface area contributed by atoms with Gasteiger partial charge in [0, 0.05) is 13.0 Å². The van der Waals surface area contributed by atoms with Crippen molar-refractivity contribution >= 4 is 0 Å². The largest absolute Gasteiger partial charge is 0.493 e. The molecule has 1 aliphatic rings. The van der Waals surface area contributed by atoms with Crippen molar-refractivity contribution in [2.45, 2.75) is 25.8 Å². The smallest absolute Gasteiger partial charge is 0.122 e. The standard InChI is InChI=1S/C15H24N2O/c1-17(2)9-4-3-8-16-12-13-5-6-15-14(11-13)7-10-18-15/h5-6,11,16H,3-4,7-10,12H2,1-2H3. The van der Waals surface area contributed by atoms with Gasteiger partial charge in [0.15, 0.2) is 0 Å². The monoisotopic (exact) mass is 248 g/mol. The van der Waals surface area contributed by atoms with Crippen LogP contribution in [-0.4, -0.2) is 38.7 Å². The van der Waals surface area contributed by atoms with Crippen LogP contribution in [0.4, 0.5) is 0 Å². The Morgan fingerprint density at radius 1 is 1.28 bits per heavy atom. The van der Waals surface area contributed by atoms with Crippen molar-refractivity contribution in [1.29, 1.82) is 0 Å². The molecule has 1 heterocycles. The molecule has 18 heavy (non-hydrogen) atoms. The molecule has 0 saturated carbocycles. The normalized spacial score (nSPS) is 13.7. The molecule has 1 aromatic carbocycles. The van der Waals surface area contributed by atoms with E-state index in [-0.39, 0.29) is 0 Å². The molecular weight excluding hydrogens is 224 g/mol. The predicted molar refractivity (Wildman–Crippen MR) is 75.1 cm³/mol. The van der Waals surface area contributed by atoms with E-state index in [2.05, 4.69) is 42.5 Å². The van der Waals surface area contributed by atoms with Gasteiger partial charge in [0.1, 0.15) is 5.75 Å². The van der Waals surface area contributed by atoms with E-state index in [1.54, 1.807) is 0 Å². The molecule has 0 amide bonds. The second-order valence-electron chi connectivity index (χ2n) is 5.23. The number of hydrogen-bond donors (Lipinski definition) is 1. The molecule has 100 valence electrons. The quantitative estimate of drug-likeness (QED) is 0.748. The maximum atomic E-state index is 5.51. The average molecular weight is 248 g/mol. The van der Waals surface area contributed by atoms with E-state index >= 15 is 0 Å². The molecule has 3 heteroatoms. The number of rotatable bonds is 7. The molecule has 0 radical (unpaired) electrons. The Balaban J connectivity index is 1.65. The Kier molecular flexibility index (Phi) is 5.02. The van der Waals surface area contributed by atoms with E-state index in [9.17, 15) is 0 Å². The van der Waals surface area contributed by atoms with Gasteiger partial charge in [-0.05, 0) is 57.2 Å². The van der Waals surface area contributed by atoms with Gasteiger partial charge in [-0.25, -0.2) is 0 Å². The van der Waals surface area contributed by atoms with Gasteiger partial charge in [-0.1, -0.05) is 12.1 Å². The zero-order valence-electron chi connectivity index (χ0n) is 11.5. The molecule has 0 spiro atoms. The van der Waals surface area contributed by atoms with Crippen molar-refractivity contribution in [2.75, 3.05) is 33.8 Å². The molecule has 0 aliphatic carbocycles. The Morgan fingerprint density at radius 3 is 3.00 bits per heavy atom. The van der Waals surface area contributed by atoms with Gasteiger partial charge < -0.3 is 15.0 Å². The average Bonchev–Trinajstić information content (AvgIpc) is 2.80. The summed E-state index contributed by atoms with van der Waals surface area (Å²) in [5.74, 6) is 1.07. The highest BCUT2D eigenvalue weighted by atomic mass is 16.5. The zero-order valence-corrected chi connectivity index (χ0v) is 11.5. The predicted octanol–water partition coefficient (Wildman–Crippen LogP) is 2.05. The SMILES string of the molecule is CN(C)CCCCNCc1ccc2c(c1)CCO2. The fraction of sp³-hybridized carbons (Fsp3) is 0.600. The van der Waals surface area contributed by atoms with E-state index in [4.69, 9.17) is 4.74 Å². The third kappa shape index (κ3) is 4.00. The van der Waals surface area contributed by atoms with Crippen LogP contribution < -0.4 is 10.1 Å². The third-order valence-electron chi connectivity index (χ3n) is 3.29. The highest BCUT2D eigenvalue weighted by Gasteiger charge is 2.11. The first-order valence-electron chi connectivity index (χ1n) is 6.86. The minimum Gasteiger partial charge on any atom is -0.493 e. The lowest BCUT2D eigenvalue weighted by molar-refractivity contribution is 0.357. The van der Waals surface area contributed by atoms with Crippen LogP contribution in [-0.2, 0) is 13.0 Å². The summed E-state index contributed by atoms with van der Waals surface area (Å²) in [4.78, 5) is 2.24. The van der Waals surface area contributed by atoms with Crippen molar-refractivity contribution in [3.63, 3.8) is 0 Å². The van der Waals surface area contributed by atoms with Gasteiger partial charge in [0.05, 0.1) is 6.61 Å². The van der Waals surface area contributed by atoms with Gasteiger partial charge in [0.2, 0.25) is 0 Å². The first-order valence-corrected chi connectivity index (χ1v) is 6.86. The summed E-state index contributed by atoms with van der Waals surface area (Å²) < 4.78 is 5.51. The third-order valence-corrected chi connectivity index (χ3v) is 3.29. The first kappa shape index (κ1) is 13.4. The minimum absolute atomic E-state index is 0.844.